The molecule has 8 heteroatoms. The van der Waals surface area contributed by atoms with Gasteiger partial charge in [0.1, 0.15) is 6.61 Å². The molecule has 0 saturated carbocycles. The first-order valence-corrected chi connectivity index (χ1v) is 5.85. The van der Waals surface area contributed by atoms with Crippen LogP contribution in [-0.2, 0) is 6.61 Å². The van der Waals surface area contributed by atoms with Gasteiger partial charge in [-0.2, -0.15) is 4.98 Å². The van der Waals surface area contributed by atoms with E-state index in [1.54, 1.807) is 0 Å². The Morgan fingerprint density at radius 3 is 3.00 bits per heavy atom. The lowest BCUT2D eigenvalue weighted by Crippen LogP contribution is -2.09. The molecule has 0 bridgehead atoms. The van der Waals surface area contributed by atoms with Crippen LogP contribution in [0.25, 0.3) is 0 Å². The summed E-state index contributed by atoms with van der Waals surface area (Å²) in [7, 11) is 0. The Morgan fingerprint density at radius 2 is 2.39 bits per heavy atom. The SMILES string of the molecule is NNc1cc([N+](=O)[O-])cc(OCc2cccs2)n1. The fourth-order valence-electron chi connectivity index (χ4n) is 1.28. The highest BCUT2D eigenvalue weighted by Gasteiger charge is 2.11. The molecule has 0 aliphatic carbocycles. The number of nitro groups is 1. The Bertz CT molecular complexity index is 544. The number of nitrogens with zero attached hydrogens (tertiary/aromatic N) is 2. The highest BCUT2D eigenvalue weighted by Crippen LogP contribution is 2.22. The molecule has 2 aromatic heterocycles. The molecule has 0 radical (unpaired) electrons. The summed E-state index contributed by atoms with van der Waals surface area (Å²) in [6.07, 6.45) is 0. The van der Waals surface area contributed by atoms with E-state index in [4.69, 9.17) is 10.6 Å². The van der Waals surface area contributed by atoms with E-state index in [2.05, 4.69) is 10.4 Å². The minimum atomic E-state index is -0.527. The molecule has 3 N–H and O–H groups in total. The lowest BCUT2D eigenvalue weighted by molar-refractivity contribution is -0.384. The number of thiophene rings is 1. The Hall–Kier alpha value is -2.19. The molecule has 0 saturated heterocycles. The highest BCUT2D eigenvalue weighted by molar-refractivity contribution is 7.09. The first kappa shape index (κ1) is 12.3. The average Bonchev–Trinajstić information content (AvgIpc) is 2.89. The first-order chi connectivity index (χ1) is 8.69. The smallest absolute Gasteiger partial charge is 0.278 e. The van der Waals surface area contributed by atoms with Gasteiger partial charge >= 0.3 is 0 Å². The van der Waals surface area contributed by atoms with Crippen molar-refractivity contribution in [3.8, 4) is 5.88 Å². The quantitative estimate of drug-likeness (QED) is 0.487. The summed E-state index contributed by atoms with van der Waals surface area (Å²) in [6.45, 7) is 0.315. The third-order valence-electron chi connectivity index (χ3n) is 2.09. The van der Waals surface area contributed by atoms with Crippen LogP contribution in [-0.4, -0.2) is 9.91 Å². The standard InChI is InChI=1S/C10H10N4O3S/c11-13-9-4-7(14(15)16)5-10(12-9)17-6-8-2-1-3-18-8/h1-5H,6,11H2,(H,12,13). The van der Waals surface area contributed by atoms with Crippen molar-refractivity contribution < 1.29 is 9.66 Å². The van der Waals surface area contributed by atoms with Crippen LogP contribution in [0.2, 0.25) is 0 Å². The molecular formula is C10H10N4O3S. The molecule has 94 valence electrons. The van der Waals surface area contributed by atoms with Gasteiger partial charge in [-0.15, -0.1) is 11.3 Å². The van der Waals surface area contributed by atoms with Crippen molar-refractivity contribution in [2.75, 3.05) is 5.43 Å². The largest absolute Gasteiger partial charge is 0.472 e. The fraction of sp³-hybridized carbons (Fsp3) is 0.100. The van der Waals surface area contributed by atoms with E-state index in [9.17, 15) is 10.1 Å². The van der Waals surface area contributed by atoms with Gasteiger partial charge in [0.15, 0.2) is 5.82 Å². The van der Waals surface area contributed by atoms with Crippen molar-refractivity contribution in [1.82, 2.24) is 4.98 Å². The summed E-state index contributed by atoms with van der Waals surface area (Å²) < 4.78 is 5.38. The molecule has 0 aliphatic rings. The molecule has 2 aromatic rings. The average molecular weight is 266 g/mol. The monoisotopic (exact) mass is 266 g/mol. The second-order valence-electron chi connectivity index (χ2n) is 3.32. The number of nitrogens with two attached hydrogens (primary N) is 1. The maximum Gasteiger partial charge on any atom is 0.278 e. The Balaban J connectivity index is 2.16. The van der Waals surface area contributed by atoms with Crippen LogP contribution in [0.15, 0.2) is 29.6 Å². The van der Waals surface area contributed by atoms with E-state index in [0.717, 1.165) is 4.88 Å². The molecule has 0 unspecified atom stereocenters. The molecule has 0 amide bonds. The number of ether oxygens (including phenoxy) is 1. The van der Waals surface area contributed by atoms with Crippen LogP contribution in [0.5, 0.6) is 5.88 Å². The van der Waals surface area contributed by atoms with Crippen LogP contribution in [0.4, 0.5) is 11.5 Å². The summed E-state index contributed by atoms with van der Waals surface area (Å²) in [5, 5.41) is 12.6. The maximum atomic E-state index is 10.7. The number of rotatable bonds is 5. The molecule has 0 aromatic carbocycles. The lowest BCUT2D eigenvalue weighted by Gasteiger charge is -2.05. The maximum absolute atomic E-state index is 10.7. The van der Waals surface area contributed by atoms with E-state index < -0.39 is 4.92 Å². The van der Waals surface area contributed by atoms with Gasteiger partial charge in [0, 0.05) is 4.88 Å². The number of pyridine rings is 1. The van der Waals surface area contributed by atoms with Gasteiger partial charge in [0.2, 0.25) is 5.88 Å². The van der Waals surface area contributed by atoms with Crippen molar-refractivity contribution in [2.24, 2.45) is 5.84 Å². The lowest BCUT2D eigenvalue weighted by atomic mass is 10.4. The normalized spacial score (nSPS) is 10.1. The van der Waals surface area contributed by atoms with Gasteiger partial charge in [-0.25, -0.2) is 5.84 Å². The zero-order chi connectivity index (χ0) is 13.0. The predicted molar refractivity (Wildman–Crippen MR) is 67.4 cm³/mol. The van der Waals surface area contributed by atoms with Crippen molar-refractivity contribution in [1.29, 1.82) is 0 Å². The summed E-state index contributed by atoms with van der Waals surface area (Å²) in [5.74, 6) is 5.53. The molecule has 2 heterocycles. The van der Waals surface area contributed by atoms with Crippen molar-refractivity contribution >= 4 is 22.8 Å². The number of aromatic nitrogens is 1. The first-order valence-electron chi connectivity index (χ1n) is 4.97. The van der Waals surface area contributed by atoms with Crippen molar-refractivity contribution in [3.05, 3.63) is 44.6 Å². The highest BCUT2D eigenvalue weighted by atomic mass is 32.1. The molecule has 18 heavy (non-hydrogen) atoms. The Morgan fingerprint density at radius 1 is 1.56 bits per heavy atom. The predicted octanol–water partition coefficient (Wildman–Crippen LogP) is 1.92. The number of hydrogen-bond acceptors (Lipinski definition) is 7. The van der Waals surface area contributed by atoms with Crippen molar-refractivity contribution in [2.45, 2.75) is 6.61 Å². The molecule has 7 nitrogen and oxygen atoms in total. The van der Waals surface area contributed by atoms with Crippen LogP contribution >= 0.6 is 11.3 Å². The van der Waals surface area contributed by atoms with Crippen molar-refractivity contribution in [3.63, 3.8) is 0 Å². The number of nitrogens with one attached hydrogen (secondary N) is 1. The Labute approximate surface area is 106 Å². The molecular weight excluding hydrogens is 256 g/mol. The van der Waals surface area contributed by atoms with E-state index in [1.807, 2.05) is 17.5 Å². The molecule has 0 spiro atoms. The summed E-state index contributed by atoms with van der Waals surface area (Å²) in [4.78, 5) is 15.2. The number of nitrogen functional groups attached to an aromatic ring is 1. The van der Waals surface area contributed by atoms with Gasteiger partial charge < -0.3 is 10.2 Å². The third kappa shape index (κ3) is 2.93. The molecule has 0 aliphatic heterocycles. The van der Waals surface area contributed by atoms with Gasteiger partial charge in [-0.1, -0.05) is 6.07 Å². The van der Waals surface area contributed by atoms with Gasteiger partial charge in [-0.3, -0.25) is 10.1 Å². The van der Waals surface area contributed by atoms with Crippen LogP contribution in [0.1, 0.15) is 4.88 Å². The zero-order valence-electron chi connectivity index (χ0n) is 9.20. The minimum Gasteiger partial charge on any atom is -0.472 e. The number of hydrazine groups is 1. The van der Waals surface area contributed by atoms with E-state index in [0.29, 0.717) is 6.61 Å². The van der Waals surface area contributed by atoms with E-state index in [1.165, 1.54) is 23.5 Å². The van der Waals surface area contributed by atoms with Crippen LogP contribution in [0.3, 0.4) is 0 Å². The number of anilines is 1. The van der Waals surface area contributed by atoms with Gasteiger partial charge in [-0.05, 0) is 11.4 Å². The van der Waals surface area contributed by atoms with E-state index >= 15 is 0 Å². The molecule has 0 fully saturated rings. The summed E-state index contributed by atoms with van der Waals surface area (Å²) in [5.41, 5.74) is 2.14. The zero-order valence-corrected chi connectivity index (χ0v) is 10.0. The third-order valence-corrected chi connectivity index (χ3v) is 2.94. The summed E-state index contributed by atoms with van der Waals surface area (Å²) >= 11 is 1.54. The molecule has 0 atom stereocenters. The fourth-order valence-corrected chi connectivity index (χ4v) is 1.90. The van der Waals surface area contributed by atoms with Crippen LogP contribution in [0, 0.1) is 10.1 Å². The van der Waals surface area contributed by atoms with Crippen LogP contribution < -0.4 is 16.0 Å². The minimum absolute atomic E-state index is 0.126. The Kier molecular flexibility index (Phi) is 3.70. The molecule has 2 rings (SSSR count). The second kappa shape index (κ2) is 5.43. The summed E-state index contributed by atoms with van der Waals surface area (Å²) in [6, 6.07) is 6.30. The number of hydrogen-bond donors (Lipinski definition) is 2. The topological polar surface area (TPSA) is 103 Å². The van der Waals surface area contributed by atoms with Gasteiger partial charge in [0.25, 0.3) is 5.69 Å². The van der Waals surface area contributed by atoms with Gasteiger partial charge in [0.05, 0.1) is 17.1 Å². The second-order valence-corrected chi connectivity index (χ2v) is 4.35. The van der Waals surface area contributed by atoms with E-state index in [-0.39, 0.29) is 17.4 Å².